The SMILES string of the molecule is O=C(O)CSc1nccn1-c1ccc2c(c1)OCCO2. The lowest BCUT2D eigenvalue weighted by Gasteiger charge is -2.19. The van der Waals surface area contributed by atoms with Gasteiger partial charge in [-0.25, -0.2) is 4.98 Å². The zero-order valence-electron chi connectivity index (χ0n) is 10.5. The van der Waals surface area contributed by atoms with E-state index in [1.54, 1.807) is 12.4 Å². The Labute approximate surface area is 119 Å². The number of aliphatic carboxylic acids is 1. The van der Waals surface area contributed by atoms with Crippen molar-refractivity contribution < 1.29 is 19.4 Å². The largest absolute Gasteiger partial charge is 0.486 e. The van der Waals surface area contributed by atoms with Crippen LogP contribution in [0.15, 0.2) is 35.7 Å². The lowest BCUT2D eigenvalue weighted by molar-refractivity contribution is -0.133. The molecule has 7 heteroatoms. The Kier molecular flexibility index (Phi) is 3.51. The zero-order chi connectivity index (χ0) is 13.9. The minimum Gasteiger partial charge on any atom is -0.486 e. The van der Waals surface area contributed by atoms with E-state index in [0.29, 0.717) is 24.1 Å². The first-order valence-corrected chi connectivity index (χ1v) is 7.00. The molecule has 1 N–H and O–H groups in total. The van der Waals surface area contributed by atoms with Crippen molar-refractivity contribution in [2.24, 2.45) is 0 Å². The minimum atomic E-state index is -0.869. The van der Waals surface area contributed by atoms with Crippen molar-refractivity contribution in [3.63, 3.8) is 0 Å². The quantitative estimate of drug-likeness (QED) is 0.867. The van der Waals surface area contributed by atoms with Gasteiger partial charge in [0.05, 0.1) is 11.4 Å². The maximum absolute atomic E-state index is 10.6. The fraction of sp³-hybridized carbons (Fsp3) is 0.231. The molecule has 0 fully saturated rings. The standard InChI is InChI=1S/C13H12N2O4S/c16-12(17)8-20-13-14-3-4-15(13)9-1-2-10-11(7-9)19-6-5-18-10/h1-4,7H,5-6,8H2,(H,16,17). The van der Waals surface area contributed by atoms with Gasteiger partial charge in [-0.15, -0.1) is 0 Å². The van der Waals surface area contributed by atoms with Gasteiger partial charge in [-0.3, -0.25) is 9.36 Å². The van der Waals surface area contributed by atoms with E-state index in [9.17, 15) is 4.79 Å². The molecule has 1 aromatic carbocycles. The van der Waals surface area contributed by atoms with Gasteiger partial charge in [0.25, 0.3) is 0 Å². The lowest BCUT2D eigenvalue weighted by atomic mass is 10.2. The van der Waals surface area contributed by atoms with Gasteiger partial charge < -0.3 is 14.6 Å². The number of imidazole rings is 1. The first-order chi connectivity index (χ1) is 9.74. The normalized spacial score (nSPS) is 13.2. The molecule has 6 nitrogen and oxygen atoms in total. The van der Waals surface area contributed by atoms with Gasteiger partial charge in [-0.05, 0) is 12.1 Å². The Morgan fingerprint density at radius 3 is 2.95 bits per heavy atom. The van der Waals surface area contributed by atoms with Crippen molar-refractivity contribution in [2.45, 2.75) is 5.16 Å². The molecule has 20 heavy (non-hydrogen) atoms. The summed E-state index contributed by atoms with van der Waals surface area (Å²) in [5.41, 5.74) is 0.861. The maximum atomic E-state index is 10.6. The van der Waals surface area contributed by atoms with Crippen LogP contribution in [-0.2, 0) is 4.79 Å². The molecule has 3 rings (SSSR count). The van der Waals surface area contributed by atoms with Crippen LogP contribution >= 0.6 is 11.8 Å². The van der Waals surface area contributed by atoms with Crippen LogP contribution in [0.2, 0.25) is 0 Å². The molecule has 0 unspecified atom stereocenters. The molecule has 0 saturated heterocycles. The van der Waals surface area contributed by atoms with E-state index in [1.807, 2.05) is 22.8 Å². The van der Waals surface area contributed by atoms with Gasteiger partial charge in [0.2, 0.25) is 0 Å². The van der Waals surface area contributed by atoms with Gasteiger partial charge in [0, 0.05) is 18.5 Å². The third kappa shape index (κ3) is 2.57. The average molecular weight is 292 g/mol. The molecule has 0 saturated carbocycles. The molecule has 1 aromatic heterocycles. The van der Waals surface area contributed by atoms with Crippen LogP contribution in [0, 0.1) is 0 Å². The second-order valence-electron chi connectivity index (χ2n) is 4.09. The van der Waals surface area contributed by atoms with Crippen molar-refractivity contribution in [3.8, 4) is 17.2 Å². The van der Waals surface area contributed by atoms with Crippen LogP contribution in [0.25, 0.3) is 5.69 Å². The van der Waals surface area contributed by atoms with Gasteiger partial charge in [-0.1, -0.05) is 11.8 Å². The summed E-state index contributed by atoms with van der Waals surface area (Å²) < 4.78 is 12.8. The van der Waals surface area contributed by atoms with Crippen LogP contribution in [0.1, 0.15) is 0 Å². The van der Waals surface area contributed by atoms with Gasteiger partial charge >= 0.3 is 5.97 Å². The molecule has 2 heterocycles. The second kappa shape index (κ2) is 5.46. The van der Waals surface area contributed by atoms with E-state index >= 15 is 0 Å². The monoisotopic (exact) mass is 292 g/mol. The van der Waals surface area contributed by atoms with E-state index in [4.69, 9.17) is 14.6 Å². The number of carbonyl (C=O) groups is 1. The summed E-state index contributed by atoms with van der Waals surface area (Å²) in [6.45, 7) is 1.08. The van der Waals surface area contributed by atoms with E-state index < -0.39 is 5.97 Å². The number of carboxylic acids is 1. The Bertz CT molecular complexity index is 641. The molecular formula is C13H12N2O4S. The number of aromatic nitrogens is 2. The zero-order valence-corrected chi connectivity index (χ0v) is 11.3. The van der Waals surface area contributed by atoms with E-state index in [2.05, 4.69) is 4.98 Å². The lowest BCUT2D eigenvalue weighted by Crippen LogP contribution is -2.15. The summed E-state index contributed by atoms with van der Waals surface area (Å²) in [5.74, 6) is 0.518. The van der Waals surface area contributed by atoms with Crippen LogP contribution in [0.4, 0.5) is 0 Å². The minimum absolute atomic E-state index is 0.0262. The fourth-order valence-electron chi connectivity index (χ4n) is 1.90. The average Bonchev–Trinajstić information content (AvgIpc) is 2.93. The number of carboxylic acid groups (broad SMARTS) is 1. The molecule has 0 radical (unpaired) electrons. The van der Waals surface area contributed by atoms with Crippen LogP contribution in [0.5, 0.6) is 11.5 Å². The third-order valence-electron chi connectivity index (χ3n) is 2.74. The highest BCUT2D eigenvalue weighted by atomic mass is 32.2. The highest BCUT2D eigenvalue weighted by Gasteiger charge is 2.14. The van der Waals surface area contributed by atoms with Gasteiger partial charge in [-0.2, -0.15) is 0 Å². The number of benzene rings is 1. The highest BCUT2D eigenvalue weighted by molar-refractivity contribution is 7.99. The van der Waals surface area contributed by atoms with E-state index in [1.165, 1.54) is 11.8 Å². The Hall–Kier alpha value is -2.15. The highest BCUT2D eigenvalue weighted by Crippen LogP contribution is 2.33. The van der Waals surface area contributed by atoms with Crippen LogP contribution in [-0.4, -0.2) is 39.6 Å². The predicted octanol–water partition coefficient (Wildman–Crippen LogP) is 1.82. The number of ether oxygens (including phenoxy) is 2. The molecule has 0 aliphatic carbocycles. The molecule has 0 spiro atoms. The smallest absolute Gasteiger partial charge is 0.313 e. The van der Waals surface area contributed by atoms with Gasteiger partial charge in [0.1, 0.15) is 13.2 Å². The summed E-state index contributed by atoms with van der Waals surface area (Å²) in [6.07, 6.45) is 3.43. The third-order valence-corrected chi connectivity index (χ3v) is 3.69. The number of thioether (sulfide) groups is 1. The molecule has 0 atom stereocenters. The predicted molar refractivity (Wildman–Crippen MR) is 72.9 cm³/mol. The Morgan fingerprint density at radius 1 is 1.35 bits per heavy atom. The first-order valence-electron chi connectivity index (χ1n) is 6.02. The summed E-state index contributed by atoms with van der Waals surface area (Å²) in [5, 5.41) is 9.37. The molecular weight excluding hydrogens is 280 g/mol. The number of nitrogens with zero attached hydrogens (tertiary/aromatic N) is 2. The number of rotatable bonds is 4. The van der Waals surface area contributed by atoms with E-state index in [-0.39, 0.29) is 5.75 Å². The summed E-state index contributed by atoms with van der Waals surface area (Å²) in [4.78, 5) is 14.8. The summed E-state index contributed by atoms with van der Waals surface area (Å²) in [7, 11) is 0. The second-order valence-corrected chi connectivity index (χ2v) is 5.03. The molecule has 2 aromatic rings. The number of fused-ring (bicyclic) bond motifs is 1. The van der Waals surface area contributed by atoms with Crippen molar-refractivity contribution in [1.82, 2.24) is 9.55 Å². The number of hydrogen-bond acceptors (Lipinski definition) is 5. The van der Waals surface area contributed by atoms with E-state index in [0.717, 1.165) is 11.4 Å². The Balaban J connectivity index is 1.89. The topological polar surface area (TPSA) is 73.6 Å². The van der Waals surface area contributed by atoms with Crippen LogP contribution in [0.3, 0.4) is 0 Å². The summed E-state index contributed by atoms with van der Waals surface area (Å²) in [6, 6.07) is 5.59. The number of hydrogen-bond donors (Lipinski definition) is 1. The van der Waals surface area contributed by atoms with Crippen molar-refractivity contribution in [3.05, 3.63) is 30.6 Å². The van der Waals surface area contributed by atoms with Crippen molar-refractivity contribution in [2.75, 3.05) is 19.0 Å². The first kappa shape index (κ1) is 12.9. The molecule has 1 aliphatic heterocycles. The fourth-order valence-corrected chi connectivity index (χ4v) is 2.59. The van der Waals surface area contributed by atoms with Gasteiger partial charge in [0.15, 0.2) is 16.7 Å². The Morgan fingerprint density at radius 2 is 2.15 bits per heavy atom. The molecule has 0 bridgehead atoms. The summed E-state index contributed by atoms with van der Waals surface area (Å²) >= 11 is 1.17. The maximum Gasteiger partial charge on any atom is 0.313 e. The molecule has 104 valence electrons. The molecule has 1 aliphatic rings. The molecule has 0 amide bonds. The van der Waals surface area contributed by atoms with Crippen molar-refractivity contribution >= 4 is 17.7 Å². The van der Waals surface area contributed by atoms with Crippen molar-refractivity contribution in [1.29, 1.82) is 0 Å². The van der Waals surface area contributed by atoms with Crippen LogP contribution < -0.4 is 9.47 Å².